The third kappa shape index (κ3) is 4.49. The van der Waals surface area contributed by atoms with Crippen LogP contribution in [0.2, 0.25) is 0 Å². The van der Waals surface area contributed by atoms with E-state index in [2.05, 4.69) is 43.4 Å². The van der Waals surface area contributed by atoms with Gasteiger partial charge in [-0.15, -0.1) is 0 Å². The number of rotatable bonds is 8. The van der Waals surface area contributed by atoms with Gasteiger partial charge in [0.1, 0.15) is 0 Å². The van der Waals surface area contributed by atoms with E-state index >= 15 is 0 Å². The molecule has 0 aliphatic rings. The van der Waals surface area contributed by atoms with Crippen molar-refractivity contribution in [3.8, 4) is 0 Å². The second kappa shape index (κ2) is 7.46. The maximum Gasteiger partial charge on any atom is 0.0436 e. The van der Waals surface area contributed by atoms with Crippen LogP contribution in [0.5, 0.6) is 0 Å². The van der Waals surface area contributed by atoms with Crippen LogP contribution < -0.4 is 5.32 Å². The second-order valence-corrected chi connectivity index (χ2v) is 4.77. The third-order valence-electron chi connectivity index (χ3n) is 3.81. The molecular formula is C15H25NO. The van der Waals surface area contributed by atoms with Crippen LogP contribution in [0, 0.1) is 5.41 Å². The monoisotopic (exact) mass is 235 g/mol. The van der Waals surface area contributed by atoms with E-state index < -0.39 is 0 Å². The second-order valence-electron chi connectivity index (χ2n) is 4.77. The maximum atomic E-state index is 9.15. The van der Waals surface area contributed by atoms with Crippen LogP contribution in [0.3, 0.4) is 0 Å². The Balaban J connectivity index is 2.42. The van der Waals surface area contributed by atoms with E-state index in [1.807, 2.05) is 6.07 Å². The van der Waals surface area contributed by atoms with Crippen LogP contribution in [-0.4, -0.2) is 18.3 Å². The lowest BCUT2D eigenvalue weighted by molar-refractivity contribution is 0.163. The molecule has 0 bridgehead atoms. The summed E-state index contributed by atoms with van der Waals surface area (Å²) in [6.45, 7) is 6.60. The standard InChI is InChI=1S/C15H25NO/c1-3-15(4-2,10-11-17)13-16-12-14-8-6-5-7-9-14/h5-9,16-17H,3-4,10-13H2,1-2H3. The third-order valence-corrected chi connectivity index (χ3v) is 3.81. The number of hydrogen-bond acceptors (Lipinski definition) is 2. The topological polar surface area (TPSA) is 32.3 Å². The zero-order chi connectivity index (χ0) is 12.6. The number of aliphatic hydroxyl groups excluding tert-OH is 1. The minimum Gasteiger partial charge on any atom is -0.396 e. The van der Waals surface area contributed by atoms with Crippen molar-refractivity contribution in [2.24, 2.45) is 5.41 Å². The molecule has 0 saturated carbocycles. The molecular weight excluding hydrogens is 210 g/mol. The summed E-state index contributed by atoms with van der Waals surface area (Å²) in [7, 11) is 0. The van der Waals surface area contributed by atoms with Gasteiger partial charge in [-0.2, -0.15) is 0 Å². The average Bonchev–Trinajstić information content (AvgIpc) is 2.39. The van der Waals surface area contributed by atoms with Crippen LogP contribution in [0.1, 0.15) is 38.7 Å². The zero-order valence-electron chi connectivity index (χ0n) is 11.1. The van der Waals surface area contributed by atoms with E-state index in [4.69, 9.17) is 5.11 Å². The van der Waals surface area contributed by atoms with Gasteiger partial charge in [-0.3, -0.25) is 0 Å². The Morgan fingerprint density at radius 3 is 2.29 bits per heavy atom. The van der Waals surface area contributed by atoms with Gasteiger partial charge in [-0.1, -0.05) is 44.2 Å². The van der Waals surface area contributed by atoms with Gasteiger partial charge < -0.3 is 10.4 Å². The van der Waals surface area contributed by atoms with Crippen LogP contribution in [-0.2, 0) is 6.54 Å². The fraction of sp³-hybridized carbons (Fsp3) is 0.600. The molecule has 0 fully saturated rings. The van der Waals surface area contributed by atoms with Crippen molar-refractivity contribution >= 4 is 0 Å². The minimum atomic E-state index is 0.254. The van der Waals surface area contributed by atoms with Crippen molar-refractivity contribution in [1.82, 2.24) is 5.32 Å². The predicted octanol–water partition coefficient (Wildman–Crippen LogP) is 2.97. The molecule has 0 saturated heterocycles. The van der Waals surface area contributed by atoms with Gasteiger partial charge in [0.15, 0.2) is 0 Å². The van der Waals surface area contributed by atoms with E-state index in [1.54, 1.807) is 0 Å². The Hall–Kier alpha value is -0.860. The summed E-state index contributed by atoms with van der Waals surface area (Å²) in [5, 5.41) is 12.7. The van der Waals surface area contributed by atoms with E-state index in [0.717, 1.165) is 32.4 Å². The van der Waals surface area contributed by atoms with Crippen molar-refractivity contribution in [2.75, 3.05) is 13.2 Å². The van der Waals surface area contributed by atoms with Gasteiger partial charge in [0.2, 0.25) is 0 Å². The molecule has 96 valence electrons. The van der Waals surface area contributed by atoms with Gasteiger partial charge >= 0.3 is 0 Å². The molecule has 0 heterocycles. The van der Waals surface area contributed by atoms with E-state index in [-0.39, 0.29) is 12.0 Å². The first-order valence-electron chi connectivity index (χ1n) is 6.62. The maximum absolute atomic E-state index is 9.15. The molecule has 2 N–H and O–H groups in total. The number of benzene rings is 1. The molecule has 1 aromatic rings. The molecule has 0 aromatic heterocycles. The van der Waals surface area contributed by atoms with Crippen molar-refractivity contribution in [3.05, 3.63) is 35.9 Å². The average molecular weight is 235 g/mol. The summed E-state index contributed by atoms with van der Waals surface area (Å²) in [4.78, 5) is 0. The first-order valence-corrected chi connectivity index (χ1v) is 6.62. The molecule has 2 nitrogen and oxygen atoms in total. The fourth-order valence-corrected chi connectivity index (χ4v) is 2.25. The Labute approximate surface area is 105 Å². The van der Waals surface area contributed by atoms with Gasteiger partial charge in [-0.05, 0) is 30.2 Å². The summed E-state index contributed by atoms with van der Waals surface area (Å²) in [6, 6.07) is 10.4. The molecule has 0 radical (unpaired) electrons. The van der Waals surface area contributed by atoms with Gasteiger partial charge in [-0.25, -0.2) is 0 Å². The fourth-order valence-electron chi connectivity index (χ4n) is 2.25. The molecule has 2 heteroatoms. The zero-order valence-corrected chi connectivity index (χ0v) is 11.1. The lowest BCUT2D eigenvalue weighted by atomic mass is 9.79. The van der Waals surface area contributed by atoms with Crippen molar-refractivity contribution < 1.29 is 5.11 Å². The van der Waals surface area contributed by atoms with Crippen molar-refractivity contribution in [1.29, 1.82) is 0 Å². The molecule has 0 spiro atoms. The van der Waals surface area contributed by atoms with E-state index in [1.165, 1.54) is 5.56 Å². The highest BCUT2D eigenvalue weighted by atomic mass is 16.3. The summed E-state index contributed by atoms with van der Waals surface area (Å²) in [5.41, 5.74) is 1.57. The lowest BCUT2D eigenvalue weighted by Crippen LogP contribution is -2.34. The highest BCUT2D eigenvalue weighted by molar-refractivity contribution is 5.14. The number of hydrogen-bond donors (Lipinski definition) is 2. The molecule has 0 atom stereocenters. The van der Waals surface area contributed by atoms with E-state index in [0.29, 0.717) is 0 Å². The Morgan fingerprint density at radius 1 is 1.12 bits per heavy atom. The Kier molecular flexibility index (Phi) is 6.23. The lowest BCUT2D eigenvalue weighted by Gasteiger charge is -2.31. The minimum absolute atomic E-state index is 0.254. The largest absolute Gasteiger partial charge is 0.396 e. The summed E-state index contributed by atoms with van der Waals surface area (Å²) in [5.74, 6) is 0. The van der Waals surface area contributed by atoms with Crippen molar-refractivity contribution in [2.45, 2.75) is 39.7 Å². The Bertz CT molecular complexity index is 293. The quantitative estimate of drug-likeness (QED) is 0.726. The van der Waals surface area contributed by atoms with Crippen LogP contribution in [0.15, 0.2) is 30.3 Å². The predicted molar refractivity (Wildman–Crippen MR) is 72.9 cm³/mol. The highest BCUT2D eigenvalue weighted by Crippen LogP contribution is 2.29. The van der Waals surface area contributed by atoms with Crippen LogP contribution in [0.25, 0.3) is 0 Å². The van der Waals surface area contributed by atoms with Gasteiger partial charge in [0.25, 0.3) is 0 Å². The molecule has 17 heavy (non-hydrogen) atoms. The summed E-state index contributed by atoms with van der Waals surface area (Å²) >= 11 is 0. The van der Waals surface area contributed by atoms with Crippen LogP contribution in [0.4, 0.5) is 0 Å². The molecule has 0 aliphatic carbocycles. The molecule has 0 aliphatic heterocycles. The number of aliphatic hydroxyl groups is 1. The first kappa shape index (κ1) is 14.2. The molecule has 1 aromatic carbocycles. The molecule has 0 amide bonds. The van der Waals surface area contributed by atoms with Gasteiger partial charge in [0, 0.05) is 19.7 Å². The normalized spacial score (nSPS) is 11.7. The number of nitrogens with one attached hydrogen (secondary N) is 1. The Morgan fingerprint density at radius 2 is 1.76 bits per heavy atom. The van der Waals surface area contributed by atoms with Crippen molar-refractivity contribution in [3.63, 3.8) is 0 Å². The van der Waals surface area contributed by atoms with E-state index in [9.17, 15) is 0 Å². The summed E-state index contributed by atoms with van der Waals surface area (Å²) in [6.07, 6.45) is 3.12. The molecule has 0 unspecified atom stereocenters. The van der Waals surface area contributed by atoms with Crippen LogP contribution >= 0.6 is 0 Å². The first-order chi connectivity index (χ1) is 8.26. The SMILES string of the molecule is CCC(CC)(CCO)CNCc1ccccc1. The van der Waals surface area contributed by atoms with Gasteiger partial charge in [0.05, 0.1) is 0 Å². The summed E-state index contributed by atoms with van der Waals surface area (Å²) < 4.78 is 0. The smallest absolute Gasteiger partial charge is 0.0436 e. The highest BCUT2D eigenvalue weighted by Gasteiger charge is 2.24. The molecule has 1 rings (SSSR count).